The Balaban J connectivity index is 0.00000210. The minimum absolute atomic E-state index is 0. The second kappa shape index (κ2) is 7.98. The van der Waals surface area contributed by atoms with Crippen LogP contribution in [0.5, 0.6) is 5.75 Å². The van der Waals surface area contributed by atoms with Gasteiger partial charge in [0.05, 0.1) is 13.7 Å². The topological polar surface area (TPSA) is 35.7 Å². The lowest BCUT2D eigenvalue weighted by molar-refractivity contribution is -0.658. The quantitative estimate of drug-likeness (QED) is 0.714. The molecule has 6 heteroatoms. The molecule has 0 radical (unpaired) electrons. The molecule has 1 unspecified atom stereocenters. The zero-order chi connectivity index (χ0) is 18.1. The number of ether oxygens (including phenoxy) is 1. The van der Waals surface area contributed by atoms with Gasteiger partial charge >= 0.3 is 0 Å². The Kier molecular flexibility index (Phi) is 5.86. The van der Waals surface area contributed by atoms with Crippen molar-refractivity contribution in [1.82, 2.24) is 0 Å². The number of anilines is 1. The summed E-state index contributed by atoms with van der Waals surface area (Å²) in [5, 5.41) is 11.6. The first-order chi connectivity index (χ1) is 12.6. The molecule has 0 saturated carbocycles. The number of β-amino-alcohol motifs (C(OH)–C–C–N with tert-alkyl or cyclic N) is 1. The Hall–Kier alpha value is -1.92. The predicted octanol–water partition coefficient (Wildman–Crippen LogP) is 0.489. The van der Waals surface area contributed by atoms with Crippen molar-refractivity contribution in [3.05, 3.63) is 59.9 Å². The summed E-state index contributed by atoms with van der Waals surface area (Å²) in [7, 11) is 1.65. The molecule has 0 amide bonds. The first-order valence-corrected chi connectivity index (χ1v) is 9.15. The molecule has 4 nitrogen and oxygen atoms in total. The van der Waals surface area contributed by atoms with Crippen LogP contribution in [-0.4, -0.2) is 35.7 Å². The third-order valence-electron chi connectivity index (χ3n) is 5.42. The van der Waals surface area contributed by atoms with Gasteiger partial charge in [0.25, 0.3) is 11.6 Å². The van der Waals surface area contributed by atoms with Gasteiger partial charge in [-0.15, -0.1) is 0 Å². The molecule has 2 aromatic rings. The third-order valence-corrected chi connectivity index (χ3v) is 5.42. The number of amidine groups is 1. The molecule has 2 aliphatic heterocycles. The maximum absolute atomic E-state index is 13.4. The van der Waals surface area contributed by atoms with Gasteiger partial charge in [0, 0.05) is 12.0 Å². The van der Waals surface area contributed by atoms with Crippen LogP contribution in [0.4, 0.5) is 10.1 Å². The number of rotatable bonds is 3. The molecular weight excluding hydrogens is 411 g/mol. The van der Waals surface area contributed by atoms with Gasteiger partial charge in [-0.05, 0) is 67.8 Å². The van der Waals surface area contributed by atoms with Gasteiger partial charge in [0.1, 0.15) is 17.3 Å². The van der Waals surface area contributed by atoms with Crippen molar-refractivity contribution >= 4 is 11.5 Å². The fourth-order valence-corrected chi connectivity index (χ4v) is 4.04. The number of methoxy groups -OCH3 is 1. The number of hydrogen-bond acceptors (Lipinski definition) is 3. The van der Waals surface area contributed by atoms with Gasteiger partial charge in [0.2, 0.25) is 0 Å². The molecule has 0 saturated heterocycles. The fourth-order valence-electron chi connectivity index (χ4n) is 4.04. The second-order valence-corrected chi connectivity index (χ2v) is 6.99. The number of nitrogens with zero attached hydrogens (tertiary/aromatic N) is 2. The molecule has 0 fully saturated rings. The summed E-state index contributed by atoms with van der Waals surface area (Å²) in [5.74, 6) is 1.66. The van der Waals surface area contributed by atoms with Crippen molar-refractivity contribution in [1.29, 1.82) is 0 Å². The van der Waals surface area contributed by atoms with Gasteiger partial charge in [-0.25, -0.2) is 13.9 Å². The molecule has 0 aromatic heterocycles. The van der Waals surface area contributed by atoms with Crippen LogP contribution >= 0.6 is 0 Å². The number of benzene rings is 2. The zero-order valence-electron chi connectivity index (χ0n) is 15.4. The first kappa shape index (κ1) is 19.8. The molecule has 1 N–H and O–H groups in total. The molecule has 2 aromatic carbocycles. The standard InChI is InChI=1S/C21H24FN2O2.BrH/c1-26-19-12-10-18(11-13-19)23-15-21(25,16-6-8-17(22)9-7-16)24-14-4-2-3-5-20(23)24;/h6-13,25H,2-5,14-15H2,1H3;1H/q+1;/p-1. The maximum Gasteiger partial charge on any atom is 0.271 e. The minimum Gasteiger partial charge on any atom is -1.00 e. The van der Waals surface area contributed by atoms with E-state index in [0.717, 1.165) is 55.1 Å². The van der Waals surface area contributed by atoms with Gasteiger partial charge in [-0.3, -0.25) is 0 Å². The molecule has 0 spiro atoms. The van der Waals surface area contributed by atoms with Gasteiger partial charge in [-0.1, -0.05) is 0 Å². The van der Waals surface area contributed by atoms with Crippen molar-refractivity contribution < 1.29 is 35.8 Å². The highest BCUT2D eigenvalue weighted by molar-refractivity contribution is 5.96. The maximum atomic E-state index is 13.4. The molecular formula is C21H24BrFN2O2. The highest BCUT2D eigenvalue weighted by Gasteiger charge is 2.51. The second-order valence-electron chi connectivity index (χ2n) is 6.99. The van der Waals surface area contributed by atoms with E-state index in [0.29, 0.717) is 6.54 Å². The van der Waals surface area contributed by atoms with E-state index >= 15 is 0 Å². The lowest BCUT2D eigenvalue weighted by atomic mass is 10.0. The van der Waals surface area contributed by atoms with E-state index in [4.69, 9.17) is 4.74 Å². The van der Waals surface area contributed by atoms with Gasteiger partial charge in [-0.2, -0.15) is 0 Å². The Morgan fingerprint density at radius 1 is 1.04 bits per heavy atom. The van der Waals surface area contributed by atoms with Crippen molar-refractivity contribution in [2.75, 3.05) is 25.1 Å². The SMILES string of the molecule is COc1ccc(N2CC(O)(c3ccc(F)cc3)[N+]3=C2CCCCC3)cc1.[Br-]. The van der Waals surface area contributed by atoms with Crippen LogP contribution in [0.25, 0.3) is 0 Å². The smallest absolute Gasteiger partial charge is 0.271 e. The van der Waals surface area contributed by atoms with Gasteiger partial charge in [0.15, 0.2) is 6.54 Å². The summed E-state index contributed by atoms with van der Waals surface area (Å²) in [6.45, 7) is 1.23. The molecule has 0 aliphatic carbocycles. The average molecular weight is 435 g/mol. The molecule has 2 aliphatic rings. The van der Waals surface area contributed by atoms with Crippen LogP contribution < -0.4 is 26.6 Å². The number of aliphatic hydroxyl groups is 1. The summed E-state index contributed by atoms with van der Waals surface area (Å²) >= 11 is 0. The number of halogens is 2. The molecule has 4 rings (SSSR count). The van der Waals surface area contributed by atoms with Crippen LogP contribution in [0.3, 0.4) is 0 Å². The van der Waals surface area contributed by atoms with E-state index in [9.17, 15) is 9.50 Å². The van der Waals surface area contributed by atoms with Crippen molar-refractivity contribution in [2.24, 2.45) is 0 Å². The van der Waals surface area contributed by atoms with Crippen LogP contribution in [0, 0.1) is 5.82 Å². The average Bonchev–Trinajstić information content (AvgIpc) is 2.82. The monoisotopic (exact) mass is 434 g/mol. The summed E-state index contributed by atoms with van der Waals surface area (Å²) in [6, 6.07) is 14.1. The van der Waals surface area contributed by atoms with E-state index in [1.165, 1.54) is 12.1 Å². The highest BCUT2D eigenvalue weighted by Crippen LogP contribution is 2.35. The summed E-state index contributed by atoms with van der Waals surface area (Å²) < 4.78 is 20.8. The molecule has 27 heavy (non-hydrogen) atoms. The highest BCUT2D eigenvalue weighted by atomic mass is 79.9. The molecule has 2 heterocycles. The normalized spacial score (nSPS) is 22.1. The third kappa shape index (κ3) is 3.60. The van der Waals surface area contributed by atoms with E-state index < -0.39 is 5.72 Å². The molecule has 1 atom stereocenters. The van der Waals surface area contributed by atoms with Crippen molar-refractivity contribution in [3.63, 3.8) is 0 Å². The van der Waals surface area contributed by atoms with Crippen LogP contribution in [0.2, 0.25) is 0 Å². The first-order valence-electron chi connectivity index (χ1n) is 9.15. The Labute approximate surface area is 169 Å². The van der Waals surface area contributed by atoms with Crippen LogP contribution in [0.1, 0.15) is 31.2 Å². The van der Waals surface area contributed by atoms with Gasteiger partial charge < -0.3 is 26.8 Å². The van der Waals surface area contributed by atoms with Crippen LogP contribution in [-0.2, 0) is 5.72 Å². The number of hydrogen-bond donors (Lipinski definition) is 1. The summed E-state index contributed by atoms with van der Waals surface area (Å²) in [5.41, 5.74) is 0.618. The zero-order valence-corrected chi connectivity index (χ0v) is 17.0. The summed E-state index contributed by atoms with van der Waals surface area (Å²) in [6.07, 6.45) is 4.23. The van der Waals surface area contributed by atoms with Crippen molar-refractivity contribution in [2.45, 2.75) is 31.4 Å². The minimum atomic E-state index is -1.15. The van der Waals surface area contributed by atoms with Crippen LogP contribution in [0.15, 0.2) is 48.5 Å². The Morgan fingerprint density at radius 3 is 2.41 bits per heavy atom. The summed E-state index contributed by atoms with van der Waals surface area (Å²) in [4.78, 5) is 2.19. The molecule has 0 bridgehead atoms. The predicted molar refractivity (Wildman–Crippen MR) is 99.2 cm³/mol. The Morgan fingerprint density at radius 2 is 1.74 bits per heavy atom. The molecule has 144 valence electrons. The van der Waals surface area contributed by atoms with E-state index in [2.05, 4.69) is 9.48 Å². The Bertz CT molecular complexity index is 823. The van der Waals surface area contributed by atoms with E-state index in [-0.39, 0.29) is 22.8 Å². The largest absolute Gasteiger partial charge is 1.00 e. The van der Waals surface area contributed by atoms with E-state index in [1.807, 2.05) is 24.3 Å². The fraction of sp³-hybridized carbons (Fsp3) is 0.381. The lowest BCUT2D eigenvalue weighted by Crippen LogP contribution is -3.00. The van der Waals surface area contributed by atoms with Crippen molar-refractivity contribution in [3.8, 4) is 5.75 Å². The van der Waals surface area contributed by atoms with E-state index in [1.54, 1.807) is 19.2 Å². The lowest BCUT2D eigenvalue weighted by Gasteiger charge is -2.23.